The number of nitrogens with one attached hydrogen (secondary N) is 1. The zero-order chi connectivity index (χ0) is 15.2. The van der Waals surface area contributed by atoms with Crippen molar-refractivity contribution in [1.82, 2.24) is 5.32 Å². The Hall–Kier alpha value is -2.49. The Labute approximate surface area is 124 Å². The van der Waals surface area contributed by atoms with Crippen molar-refractivity contribution in [2.75, 3.05) is 0 Å². The molecule has 0 aliphatic rings. The summed E-state index contributed by atoms with van der Waals surface area (Å²) in [6, 6.07) is 14.4. The fourth-order valence-corrected chi connectivity index (χ4v) is 2.04. The maximum Gasteiger partial charge on any atom is 0.407 e. The van der Waals surface area contributed by atoms with E-state index in [-0.39, 0.29) is 18.4 Å². The molecule has 0 aliphatic carbocycles. The molecule has 0 saturated heterocycles. The third-order valence-electron chi connectivity index (χ3n) is 3.20. The topological polar surface area (TPSA) is 58.6 Å². The summed E-state index contributed by atoms with van der Waals surface area (Å²) >= 11 is 0. The molecular weight excluding hydrogens is 266 g/mol. The van der Waals surface area contributed by atoms with Crippen LogP contribution in [0.2, 0.25) is 0 Å². The van der Waals surface area contributed by atoms with Gasteiger partial charge in [-0.25, -0.2) is 4.79 Å². The molecule has 0 aliphatic heterocycles. The minimum Gasteiger partial charge on any atom is -0.508 e. The van der Waals surface area contributed by atoms with Crippen molar-refractivity contribution in [2.45, 2.75) is 26.5 Å². The molecule has 0 spiro atoms. The number of aryl methyl sites for hydroxylation is 1. The molecular formula is C17H19NO3. The fraction of sp³-hybridized carbons (Fsp3) is 0.235. The molecule has 0 aromatic heterocycles. The minimum atomic E-state index is -0.507. The normalized spacial score (nSPS) is 11.7. The van der Waals surface area contributed by atoms with Crippen LogP contribution in [0.15, 0.2) is 48.5 Å². The van der Waals surface area contributed by atoms with Crippen molar-refractivity contribution in [3.8, 4) is 5.75 Å². The average Bonchev–Trinajstić information content (AvgIpc) is 2.48. The SMILES string of the molecule is Cc1ccc(O)c([C@@H](C)NC(=O)OCc2ccccc2)c1. The number of aromatic hydroxyl groups is 1. The molecule has 2 aromatic carbocycles. The highest BCUT2D eigenvalue weighted by molar-refractivity contribution is 5.68. The Bertz CT molecular complexity index is 611. The molecule has 2 aromatic rings. The van der Waals surface area contributed by atoms with Crippen molar-refractivity contribution >= 4 is 6.09 Å². The summed E-state index contributed by atoms with van der Waals surface area (Å²) in [6.07, 6.45) is -0.507. The summed E-state index contributed by atoms with van der Waals surface area (Å²) in [5.74, 6) is 0.163. The lowest BCUT2D eigenvalue weighted by Gasteiger charge is -2.16. The predicted molar refractivity (Wildman–Crippen MR) is 81.0 cm³/mol. The molecule has 0 radical (unpaired) electrons. The van der Waals surface area contributed by atoms with Gasteiger partial charge < -0.3 is 15.2 Å². The van der Waals surface area contributed by atoms with Gasteiger partial charge in [0.2, 0.25) is 0 Å². The lowest BCUT2D eigenvalue weighted by atomic mass is 10.0. The van der Waals surface area contributed by atoms with E-state index >= 15 is 0 Å². The van der Waals surface area contributed by atoms with Gasteiger partial charge in [0.05, 0.1) is 6.04 Å². The third kappa shape index (κ3) is 4.24. The van der Waals surface area contributed by atoms with E-state index in [0.717, 1.165) is 11.1 Å². The first kappa shape index (κ1) is 14.9. The summed E-state index contributed by atoms with van der Waals surface area (Å²) in [5.41, 5.74) is 2.62. The number of hydrogen-bond acceptors (Lipinski definition) is 3. The van der Waals surface area contributed by atoms with E-state index in [9.17, 15) is 9.90 Å². The Balaban J connectivity index is 1.91. The van der Waals surface area contributed by atoms with E-state index in [1.165, 1.54) is 0 Å². The van der Waals surface area contributed by atoms with E-state index in [2.05, 4.69) is 5.32 Å². The first-order chi connectivity index (χ1) is 10.1. The number of phenolic OH excluding ortho intramolecular Hbond substituents is 1. The first-order valence-electron chi connectivity index (χ1n) is 6.83. The van der Waals surface area contributed by atoms with Crippen molar-refractivity contribution in [3.05, 3.63) is 65.2 Å². The Morgan fingerprint density at radius 1 is 1.24 bits per heavy atom. The molecule has 2 rings (SSSR count). The molecule has 21 heavy (non-hydrogen) atoms. The van der Waals surface area contributed by atoms with Crippen LogP contribution < -0.4 is 5.32 Å². The van der Waals surface area contributed by atoms with Gasteiger partial charge in [0.25, 0.3) is 0 Å². The maximum atomic E-state index is 11.8. The molecule has 0 saturated carbocycles. The summed E-state index contributed by atoms with van der Waals surface area (Å²) in [6.45, 7) is 3.96. The van der Waals surface area contributed by atoms with Crippen LogP contribution >= 0.6 is 0 Å². The largest absolute Gasteiger partial charge is 0.508 e. The van der Waals surface area contributed by atoms with E-state index in [1.807, 2.05) is 49.4 Å². The summed E-state index contributed by atoms with van der Waals surface area (Å²) in [7, 11) is 0. The van der Waals surface area contributed by atoms with Gasteiger partial charge in [0.1, 0.15) is 12.4 Å². The van der Waals surface area contributed by atoms with Gasteiger partial charge in [-0.15, -0.1) is 0 Å². The van der Waals surface area contributed by atoms with Crippen molar-refractivity contribution in [2.24, 2.45) is 0 Å². The number of benzene rings is 2. The van der Waals surface area contributed by atoms with Crippen LogP contribution in [0.5, 0.6) is 5.75 Å². The summed E-state index contributed by atoms with van der Waals surface area (Å²) < 4.78 is 5.16. The second-order valence-electron chi connectivity index (χ2n) is 4.99. The van der Waals surface area contributed by atoms with Crippen molar-refractivity contribution in [1.29, 1.82) is 0 Å². The van der Waals surface area contributed by atoms with Crippen LogP contribution in [0.4, 0.5) is 4.79 Å². The number of ether oxygens (including phenoxy) is 1. The zero-order valence-corrected chi connectivity index (χ0v) is 12.2. The Kier molecular flexibility index (Phi) is 4.82. The standard InChI is InChI=1S/C17H19NO3/c1-12-8-9-16(19)15(10-12)13(2)18-17(20)21-11-14-6-4-3-5-7-14/h3-10,13,19H,11H2,1-2H3,(H,18,20)/t13-/m1/s1. The summed E-state index contributed by atoms with van der Waals surface area (Å²) in [5, 5.41) is 12.5. The summed E-state index contributed by atoms with van der Waals surface area (Å²) in [4.78, 5) is 11.8. The highest BCUT2D eigenvalue weighted by Crippen LogP contribution is 2.24. The van der Waals surface area contributed by atoms with Crippen LogP contribution in [0.3, 0.4) is 0 Å². The number of carbonyl (C=O) groups excluding carboxylic acids is 1. The zero-order valence-electron chi connectivity index (χ0n) is 12.2. The van der Waals surface area contributed by atoms with E-state index in [4.69, 9.17) is 4.74 Å². The number of carbonyl (C=O) groups is 1. The monoisotopic (exact) mass is 285 g/mol. The molecule has 0 heterocycles. The quantitative estimate of drug-likeness (QED) is 0.900. The number of alkyl carbamates (subject to hydrolysis) is 1. The molecule has 2 N–H and O–H groups in total. The van der Waals surface area contributed by atoms with Gasteiger partial charge in [-0.3, -0.25) is 0 Å². The molecule has 1 amide bonds. The molecule has 0 unspecified atom stereocenters. The molecule has 0 fully saturated rings. The first-order valence-corrected chi connectivity index (χ1v) is 6.83. The van der Waals surface area contributed by atoms with Crippen LogP contribution in [0.25, 0.3) is 0 Å². The lowest BCUT2D eigenvalue weighted by molar-refractivity contribution is 0.136. The second kappa shape index (κ2) is 6.79. The fourth-order valence-electron chi connectivity index (χ4n) is 2.04. The number of hydrogen-bond donors (Lipinski definition) is 2. The molecule has 1 atom stereocenters. The van der Waals surface area contributed by atoms with E-state index in [1.54, 1.807) is 13.0 Å². The molecule has 0 bridgehead atoms. The predicted octanol–water partition coefficient (Wildman–Crippen LogP) is 3.69. The van der Waals surface area contributed by atoms with Gasteiger partial charge in [0.15, 0.2) is 0 Å². The van der Waals surface area contributed by atoms with Crippen LogP contribution in [0.1, 0.15) is 29.7 Å². The van der Waals surface area contributed by atoms with Gasteiger partial charge in [-0.05, 0) is 25.5 Å². The molecule has 4 heteroatoms. The van der Waals surface area contributed by atoms with Gasteiger partial charge >= 0.3 is 6.09 Å². The van der Waals surface area contributed by atoms with E-state index < -0.39 is 6.09 Å². The minimum absolute atomic E-state index is 0.163. The van der Waals surface area contributed by atoms with Crippen molar-refractivity contribution < 1.29 is 14.6 Å². The smallest absolute Gasteiger partial charge is 0.407 e. The number of amides is 1. The Morgan fingerprint density at radius 3 is 2.67 bits per heavy atom. The number of phenols is 1. The third-order valence-corrected chi connectivity index (χ3v) is 3.20. The lowest BCUT2D eigenvalue weighted by Crippen LogP contribution is -2.27. The van der Waals surface area contributed by atoms with Gasteiger partial charge in [-0.2, -0.15) is 0 Å². The van der Waals surface area contributed by atoms with Gasteiger partial charge in [0, 0.05) is 5.56 Å². The maximum absolute atomic E-state index is 11.8. The number of rotatable bonds is 4. The van der Waals surface area contributed by atoms with Crippen LogP contribution in [-0.2, 0) is 11.3 Å². The average molecular weight is 285 g/mol. The van der Waals surface area contributed by atoms with Crippen molar-refractivity contribution in [3.63, 3.8) is 0 Å². The molecule has 4 nitrogen and oxygen atoms in total. The highest BCUT2D eigenvalue weighted by Gasteiger charge is 2.14. The highest BCUT2D eigenvalue weighted by atomic mass is 16.5. The van der Waals surface area contributed by atoms with Gasteiger partial charge in [-0.1, -0.05) is 48.0 Å². The molecule has 110 valence electrons. The second-order valence-corrected chi connectivity index (χ2v) is 4.99. The Morgan fingerprint density at radius 2 is 1.95 bits per heavy atom. The van der Waals surface area contributed by atoms with E-state index in [0.29, 0.717) is 5.56 Å². The van der Waals surface area contributed by atoms with Crippen LogP contribution in [0, 0.1) is 6.92 Å². The van der Waals surface area contributed by atoms with Crippen LogP contribution in [-0.4, -0.2) is 11.2 Å².